The third-order valence-corrected chi connectivity index (χ3v) is 3.50. The first-order valence-electron chi connectivity index (χ1n) is 6.17. The minimum absolute atomic E-state index is 0.906. The van der Waals surface area contributed by atoms with E-state index in [0.29, 0.717) is 0 Å². The summed E-state index contributed by atoms with van der Waals surface area (Å²) in [6.07, 6.45) is 4.77. The number of hydrogen-bond donors (Lipinski definition) is 1. The number of pyridine rings is 1. The summed E-state index contributed by atoms with van der Waals surface area (Å²) in [5.41, 5.74) is 1.24. The molecule has 0 aliphatic heterocycles. The van der Waals surface area contributed by atoms with Crippen molar-refractivity contribution in [2.75, 3.05) is 11.9 Å². The molecule has 0 radical (unpaired) electrons. The number of rotatable bonds is 7. The Balaban J connectivity index is 1.75. The van der Waals surface area contributed by atoms with Crippen LogP contribution in [0.3, 0.4) is 0 Å². The summed E-state index contributed by atoms with van der Waals surface area (Å²) in [5.74, 6) is 3.84. The minimum Gasteiger partial charge on any atom is -0.468 e. The standard InChI is InChI=1S/C14H18N2OS/c1-2-7-15-14-6-5-12(9-16-14)10-18-11-13-4-3-8-17-13/h3-6,8-9H,2,7,10-11H2,1H3,(H,15,16). The highest BCUT2D eigenvalue weighted by Crippen LogP contribution is 2.18. The fourth-order valence-electron chi connectivity index (χ4n) is 1.53. The molecule has 96 valence electrons. The average molecular weight is 262 g/mol. The lowest BCUT2D eigenvalue weighted by Gasteiger charge is -2.04. The Morgan fingerprint density at radius 2 is 2.22 bits per heavy atom. The van der Waals surface area contributed by atoms with Gasteiger partial charge in [0.2, 0.25) is 0 Å². The average Bonchev–Trinajstić information content (AvgIpc) is 2.91. The van der Waals surface area contributed by atoms with E-state index >= 15 is 0 Å². The first-order valence-corrected chi connectivity index (χ1v) is 7.33. The Morgan fingerprint density at radius 1 is 1.28 bits per heavy atom. The number of aromatic nitrogens is 1. The molecule has 1 N–H and O–H groups in total. The van der Waals surface area contributed by atoms with Crippen LogP contribution in [-0.2, 0) is 11.5 Å². The zero-order chi connectivity index (χ0) is 12.6. The molecule has 4 heteroatoms. The molecule has 2 rings (SSSR count). The van der Waals surface area contributed by atoms with E-state index in [-0.39, 0.29) is 0 Å². The molecule has 2 heterocycles. The zero-order valence-corrected chi connectivity index (χ0v) is 11.4. The predicted octanol–water partition coefficient (Wildman–Crippen LogP) is 3.93. The summed E-state index contributed by atoms with van der Waals surface area (Å²) >= 11 is 1.83. The summed E-state index contributed by atoms with van der Waals surface area (Å²) in [4.78, 5) is 4.38. The summed E-state index contributed by atoms with van der Waals surface area (Å²) in [5, 5.41) is 3.27. The number of thioether (sulfide) groups is 1. The van der Waals surface area contributed by atoms with Gasteiger partial charge in [-0.2, -0.15) is 0 Å². The molecule has 0 unspecified atom stereocenters. The van der Waals surface area contributed by atoms with Gasteiger partial charge in [-0.3, -0.25) is 0 Å². The number of hydrogen-bond acceptors (Lipinski definition) is 4. The van der Waals surface area contributed by atoms with Crippen molar-refractivity contribution >= 4 is 17.6 Å². The second kappa shape index (κ2) is 7.11. The van der Waals surface area contributed by atoms with E-state index in [1.807, 2.05) is 36.2 Å². The lowest BCUT2D eigenvalue weighted by atomic mass is 10.3. The van der Waals surface area contributed by atoms with Gasteiger partial charge < -0.3 is 9.73 Å². The van der Waals surface area contributed by atoms with E-state index < -0.39 is 0 Å². The van der Waals surface area contributed by atoms with Crippen LogP contribution < -0.4 is 5.32 Å². The Hall–Kier alpha value is -1.42. The summed E-state index contributed by atoms with van der Waals surface area (Å²) < 4.78 is 5.29. The second-order valence-corrected chi connectivity index (χ2v) is 5.04. The molecule has 0 atom stereocenters. The smallest absolute Gasteiger partial charge is 0.125 e. The Morgan fingerprint density at radius 3 is 2.89 bits per heavy atom. The van der Waals surface area contributed by atoms with Gasteiger partial charge >= 0.3 is 0 Å². The molecular weight excluding hydrogens is 244 g/mol. The molecule has 0 fully saturated rings. The van der Waals surface area contributed by atoms with Crippen molar-refractivity contribution in [3.63, 3.8) is 0 Å². The van der Waals surface area contributed by atoms with Crippen molar-refractivity contribution in [2.45, 2.75) is 24.9 Å². The van der Waals surface area contributed by atoms with Crippen molar-refractivity contribution in [3.05, 3.63) is 48.0 Å². The quantitative estimate of drug-likeness (QED) is 0.820. The Labute approximate surface area is 112 Å². The van der Waals surface area contributed by atoms with E-state index in [1.165, 1.54) is 5.56 Å². The summed E-state index contributed by atoms with van der Waals surface area (Å²) in [6, 6.07) is 8.09. The van der Waals surface area contributed by atoms with Crippen LogP contribution in [0, 0.1) is 0 Å². The van der Waals surface area contributed by atoms with Gasteiger partial charge in [-0.1, -0.05) is 13.0 Å². The third kappa shape index (κ3) is 4.11. The molecule has 0 amide bonds. The van der Waals surface area contributed by atoms with E-state index in [1.54, 1.807) is 6.26 Å². The van der Waals surface area contributed by atoms with Crippen molar-refractivity contribution in [1.82, 2.24) is 4.98 Å². The molecule has 0 saturated carbocycles. The Bertz CT molecular complexity index is 439. The van der Waals surface area contributed by atoms with Crippen molar-refractivity contribution < 1.29 is 4.42 Å². The van der Waals surface area contributed by atoms with E-state index in [9.17, 15) is 0 Å². The maximum absolute atomic E-state index is 5.29. The maximum Gasteiger partial charge on any atom is 0.125 e. The number of anilines is 1. The fourth-order valence-corrected chi connectivity index (χ4v) is 2.41. The van der Waals surface area contributed by atoms with Gasteiger partial charge in [-0.05, 0) is 30.2 Å². The molecule has 0 aromatic carbocycles. The molecule has 2 aromatic rings. The SMILES string of the molecule is CCCNc1ccc(CSCc2ccco2)cn1. The van der Waals surface area contributed by atoms with Gasteiger partial charge in [0.05, 0.1) is 12.0 Å². The lowest BCUT2D eigenvalue weighted by Crippen LogP contribution is -2.01. The van der Waals surface area contributed by atoms with Gasteiger partial charge in [0.15, 0.2) is 0 Å². The number of nitrogens with zero attached hydrogens (tertiary/aromatic N) is 1. The molecular formula is C14H18N2OS. The molecule has 0 saturated heterocycles. The fraction of sp³-hybridized carbons (Fsp3) is 0.357. The van der Waals surface area contributed by atoms with Crippen LogP contribution in [0.4, 0.5) is 5.82 Å². The van der Waals surface area contributed by atoms with Crippen LogP contribution in [0.15, 0.2) is 41.1 Å². The highest BCUT2D eigenvalue weighted by Gasteiger charge is 1.99. The van der Waals surface area contributed by atoms with Crippen LogP contribution in [0.5, 0.6) is 0 Å². The van der Waals surface area contributed by atoms with Crippen LogP contribution in [0.2, 0.25) is 0 Å². The molecule has 0 aliphatic rings. The number of nitrogens with one attached hydrogen (secondary N) is 1. The van der Waals surface area contributed by atoms with Crippen LogP contribution in [-0.4, -0.2) is 11.5 Å². The van der Waals surface area contributed by atoms with Gasteiger partial charge in [-0.25, -0.2) is 4.98 Å². The Kier molecular flexibility index (Phi) is 5.15. The molecule has 2 aromatic heterocycles. The van der Waals surface area contributed by atoms with E-state index in [4.69, 9.17) is 4.42 Å². The molecule has 3 nitrogen and oxygen atoms in total. The highest BCUT2D eigenvalue weighted by molar-refractivity contribution is 7.97. The largest absolute Gasteiger partial charge is 0.468 e. The first-order chi connectivity index (χ1) is 8.88. The van der Waals surface area contributed by atoms with Gasteiger partial charge in [-0.15, -0.1) is 11.8 Å². The minimum atomic E-state index is 0.906. The van der Waals surface area contributed by atoms with Crippen molar-refractivity contribution in [1.29, 1.82) is 0 Å². The van der Waals surface area contributed by atoms with Crippen LogP contribution >= 0.6 is 11.8 Å². The molecule has 0 aliphatic carbocycles. The van der Waals surface area contributed by atoms with Crippen molar-refractivity contribution in [3.8, 4) is 0 Å². The van der Waals surface area contributed by atoms with Gasteiger partial charge in [0.1, 0.15) is 11.6 Å². The summed E-state index contributed by atoms with van der Waals surface area (Å²) in [7, 11) is 0. The molecule has 0 bridgehead atoms. The lowest BCUT2D eigenvalue weighted by molar-refractivity contribution is 0.530. The van der Waals surface area contributed by atoms with E-state index in [0.717, 1.165) is 36.0 Å². The van der Waals surface area contributed by atoms with Crippen LogP contribution in [0.1, 0.15) is 24.7 Å². The topological polar surface area (TPSA) is 38.1 Å². The maximum atomic E-state index is 5.29. The highest BCUT2D eigenvalue weighted by atomic mass is 32.2. The van der Waals surface area contributed by atoms with Gasteiger partial charge in [0.25, 0.3) is 0 Å². The normalized spacial score (nSPS) is 10.5. The van der Waals surface area contributed by atoms with E-state index in [2.05, 4.69) is 23.3 Å². The zero-order valence-electron chi connectivity index (χ0n) is 10.6. The number of furan rings is 1. The monoisotopic (exact) mass is 262 g/mol. The summed E-state index contributed by atoms with van der Waals surface area (Å²) in [6.45, 7) is 3.12. The first kappa shape index (κ1) is 13.0. The van der Waals surface area contributed by atoms with Gasteiger partial charge in [0, 0.05) is 18.5 Å². The van der Waals surface area contributed by atoms with Crippen LogP contribution in [0.25, 0.3) is 0 Å². The third-order valence-electron chi connectivity index (χ3n) is 2.47. The van der Waals surface area contributed by atoms with Crippen molar-refractivity contribution in [2.24, 2.45) is 0 Å². The molecule has 0 spiro atoms. The predicted molar refractivity (Wildman–Crippen MR) is 76.7 cm³/mol. The second-order valence-electron chi connectivity index (χ2n) is 4.05. The molecule has 18 heavy (non-hydrogen) atoms.